The van der Waals surface area contributed by atoms with Crippen molar-refractivity contribution in [3.05, 3.63) is 35.0 Å². The Morgan fingerprint density at radius 1 is 1.48 bits per heavy atom. The van der Waals surface area contributed by atoms with Gasteiger partial charge in [-0.2, -0.15) is 0 Å². The van der Waals surface area contributed by atoms with E-state index >= 15 is 0 Å². The number of nitrogens with zero attached hydrogens (tertiary/aromatic N) is 3. The average molecular weight is 363 g/mol. The molecule has 1 amide bonds. The molecule has 3 N–H and O–H groups in total. The third-order valence-electron chi connectivity index (χ3n) is 4.97. The lowest BCUT2D eigenvalue weighted by molar-refractivity contribution is 0.131. The first-order chi connectivity index (χ1) is 11.9. The van der Waals surface area contributed by atoms with Crippen molar-refractivity contribution in [1.82, 2.24) is 9.88 Å². The summed E-state index contributed by atoms with van der Waals surface area (Å²) in [6.45, 7) is 3.46. The van der Waals surface area contributed by atoms with Crippen molar-refractivity contribution in [1.29, 1.82) is 0 Å². The lowest BCUT2D eigenvalue weighted by Gasteiger charge is -2.38. The van der Waals surface area contributed by atoms with Gasteiger partial charge in [0.05, 0.1) is 16.2 Å². The van der Waals surface area contributed by atoms with Gasteiger partial charge >= 0.3 is 6.09 Å². The van der Waals surface area contributed by atoms with E-state index in [-0.39, 0.29) is 12.1 Å². The molecule has 3 rings (SSSR count). The van der Waals surface area contributed by atoms with Crippen LogP contribution in [0, 0.1) is 0 Å². The molecular weight excluding hydrogens is 340 g/mol. The quantitative estimate of drug-likeness (QED) is 0.873. The third kappa shape index (κ3) is 3.37. The second kappa shape index (κ2) is 7.06. The summed E-state index contributed by atoms with van der Waals surface area (Å²) in [5.41, 5.74) is 9.04. The Labute approximate surface area is 152 Å². The van der Waals surface area contributed by atoms with E-state index in [0.29, 0.717) is 5.02 Å². The Hall–Kier alpha value is -2.05. The number of aromatic nitrogens is 1. The standard InChI is InChI=1S/C18H23ClN4O2/c1-11(20)14-10-15(19)13-4-3-7-21-16(13)17(14)23-8-5-12(6-9-23)22(2)18(24)25/h3-4,7,10-12H,5-6,8-9,20H2,1-2H3,(H,24,25). The molecule has 1 unspecified atom stereocenters. The molecule has 1 aliphatic heterocycles. The van der Waals surface area contributed by atoms with Crippen LogP contribution in [0.25, 0.3) is 10.9 Å². The molecule has 2 heterocycles. The Balaban J connectivity index is 1.97. The van der Waals surface area contributed by atoms with Gasteiger partial charge in [-0.25, -0.2) is 4.79 Å². The molecule has 0 saturated carbocycles. The van der Waals surface area contributed by atoms with Gasteiger partial charge in [-0.05, 0) is 43.5 Å². The first kappa shape index (κ1) is 17.8. The van der Waals surface area contributed by atoms with Crippen LogP contribution in [-0.2, 0) is 0 Å². The van der Waals surface area contributed by atoms with Crippen molar-refractivity contribution in [2.24, 2.45) is 5.73 Å². The summed E-state index contributed by atoms with van der Waals surface area (Å²) in [4.78, 5) is 19.4. The Morgan fingerprint density at radius 3 is 2.76 bits per heavy atom. The highest BCUT2D eigenvalue weighted by Gasteiger charge is 2.28. The molecule has 1 aliphatic rings. The van der Waals surface area contributed by atoms with Gasteiger partial charge in [0.2, 0.25) is 0 Å². The number of carbonyl (C=O) groups is 1. The van der Waals surface area contributed by atoms with Crippen LogP contribution < -0.4 is 10.6 Å². The number of rotatable bonds is 3. The summed E-state index contributed by atoms with van der Waals surface area (Å²) in [7, 11) is 1.63. The summed E-state index contributed by atoms with van der Waals surface area (Å²) in [6, 6.07) is 5.64. The smallest absolute Gasteiger partial charge is 0.407 e. The van der Waals surface area contributed by atoms with Gasteiger partial charge in [-0.3, -0.25) is 4.98 Å². The van der Waals surface area contributed by atoms with Crippen LogP contribution in [0.3, 0.4) is 0 Å². The average Bonchev–Trinajstić information content (AvgIpc) is 2.61. The van der Waals surface area contributed by atoms with Crippen LogP contribution in [0.4, 0.5) is 10.5 Å². The van der Waals surface area contributed by atoms with E-state index in [9.17, 15) is 9.90 Å². The van der Waals surface area contributed by atoms with E-state index in [1.807, 2.05) is 25.1 Å². The van der Waals surface area contributed by atoms with Gasteiger partial charge in [0, 0.05) is 43.8 Å². The zero-order valence-corrected chi connectivity index (χ0v) is 15.2. The predicted octanol–water partition coefficient (Wildman–Crippen LogP) is 3.49. The van der Waals surface area contributed by atoms with Crippen LogP contribution in [0.1, 0.15) is 31.4 Å². The first-order valence-corrected chi connectivity index (χ1v) is 8.81. The number of fused-ring (bicyclic) bond motifs is 1. The fraction of sp³-hybridized carbons (Fsp3) is 0.444. The maximum Gasteiger partial charge on any atom is 0.407 e. The van der Waals surface area contributed by atoms with Crippen LogP contribution in [0.2, 0.25) is 5.02 Å². The molecule has 1 aromatic carbocycles. The molecule has 0 aliphatic carbocycles. The molecule has 1 fully saturated rings. The molecule has 1 aromatic heterocycles. The number of carboxylic acid groups (broad SMARTS) is 1. The Morgan fingerprint density at radius 2 is 2.16 bits per heavy atom. The number of anilines is 1. The van der Waals surface area contributed by atoms with Crippen molar-refractivity contribution in [2.75, 3.05) is 25.0 Å². The maximum absolute atomic E-state index is 11.2. The van der Waals surface area contributed by atoms with Gasteiger partial charge in [0.25, 0.3) is 0 Å². The third-order valence-corrected chi connectivity index (χ3v) is 5.28. The summed E-state index contributed by atoms with van der Waals surface area (Å²) in [5.74, 6) is 0. The monoisotopic (exact) mass is 362 g/mol. The Bertz CT molecular complexity index is 788. The zero-order chi connectivity index (χ0) is 18.1. The van der Waals surface area contributed by atoms with Crippen LogP contribution in [0.15, 0.2) is 24.4 Å². The minimum Gasteiger partial charge on any atom is -0.465 e. The predicted molar refractivity (Wildman–Crippen MR) is 100 cm³/mol. The van der Waals surface area contributed by atoms with Crippen LogP contribution in [0.5, 0.6) is 0 Å². The molecule has 0 spiro atoms. The topological polar surface area (TPSA) is 82.7 Å². The van der Waals surface area contributed by atoms with Crippen LogP contribution >= 0.6 is 11.6 Å². The van der Waals surface area contributed by atoms with Crippen molar-refractivity contribution in [3.63, 3.8) is 0 Å². The zero-order valence-electron chi connectivity index (χ0n) is 14.4. The fourth-order valence-electron chi connectivity index (χ4n) is 3.52. The van der Waals surface area contributed by atoms with Gasteiger partial charge in [0.15, 0.2) is 0 Å². The lowest BCUT2D eigenvalue weighted by atomic mass is 9.98. The molecule has 2 aromatic rings. The summed E-state index contributed by atoms with van der Waals surface area (Å²) in [5, 5.41) is 10.7. The normalized spacial score (nSPS) is 16.9. The van der Waals surface area contributed by atoms with Crippen molar-refractivity contribution < 1.29 is 9.90 Å². The molecule has 1 atom stereocenters. The summed E-state index contributed by atoms with van der Waals surface area (Å²) < 4.78 is 0. The van der Waals surface area contributed by atoms with Crippen molar-refractivity contribution >= 4 is 34.3 Å². The largest absolute Gasteiger partial charge is 0.465 e. The second-order valence-corrected chi connectivity index (χ2v) is 7.00. The number of hydrogen-bond acceptors (Lipinski definition) is 4. The van der Waals surface area contributed by atoms with Gasteiger partial charge in [-0.15, -0.1) is 0 Å². The van der Waals surface area contributed by atoms with E-state index in [1.165, 1.54) is 4.90 Å². The molecule has 7 heteroatoms. The molecule has 134 valence electrons. The van der Waals surface area contributed by atoms with E-state index in [0.717, 1.165) is 48.1 Å². The van der Waals surface area contributed by atoms with Gasteiger partial charge in [-0.1, -0.05) is 11.6 Å². The second-order valence-electron chi connectivity index (χ2n) is 6.60. The molecule has 6 nitrogen and oxygen atoms in total. The number of nitrogens with two attached hydrogens (primary N) is 1. The molecule has 1 saturated heterocycles. The van der Waals surface area contributed by atoms with Crippen molar-refractivity contribution in [2.45, 2.75) is 31.8 Å². The van der Waals surface area contributed by atoms with Crippen molar-refractivity contribution in [3.8, 4) is 0 Å². The fourth-order valence-corrected chi connectivity index (χ4v) is 3.79. The summed E-state index contributed by atoms with van der Waals surface area (Å²) >= 11 is 6.43. The SMILES string of the molecule is CC(N)c1cc(Cl)c2cccnc2c1N1CCC(N(C)C(=O)O)CC1. The number of amides is 1. The highest BCUT2D eigenvalue weighted by Crippen LogP contribution is 2.38. The summed E-state index contributed by atoms with van der Waals surface area (Å²) in [6.07, 6.45) is 2.43. The first-order valence-electron chi connectivity index (χ1n) is 8.43. The van der Waals surface area contributed by atoms with E-state index in [4.69, 9.17) is 17.3 Å². The minimum atomic E-state index is -0.881. The molecular formula is C18H23ClN4O2. The highest BCUT2D eigenvalue weighted by molar-refractivity contribution is 6.36. The highest BCUT2D eigenvalue weighted by atomic mass is 35.5. The molecule has 25 heavy (non-hydrogen) atoms. The molecule has 0 radical (unpaired) electrons. The number of hydrogen-bond donors (Lipinski definition) is 2. The minimum absolute atomic E-state index is 0.0408. The van der Waals surface area contributed by atoms with E-state index in [1.54, 1.807) is 13.2 Å². The Kier molecular flexibility index (Phi) is 5.01. The lowest BCUT2D eigenvalue weighted by Crippen LogP contribution is -2.45. The maximum atomic E-state index is 11.2. The number of benzene rings is 1. The number of pyridine rings is 1. The van der Waals surface area contributed by atoms with Crippen LogP contribution in [-0.4, -0.2) is 47.3 Å². The van der Waals surface area contributed by atoms with Gasteiger partial charge < -0.3 is 20.6 Å². The van der Waals surface area contributed by atoms with E-state index in [2.05, 4.69) is 9.88 Å². The number of halogens is 1. The van der Waals surface area contributed by atoms with E-state index < -0.39 is 6.09 Å². The molecule has 0 bridgehead atoms. The van der Waals surface area contributed by atoms with Gasteiger partial charge in [0.1, 0.15) is 0 Å². The number of piperidine rings is 1.